The number of hydrogen-bond donors (Lipinski definition) is 1. The third-order valence-electron chi connectivity index (χ3n) is 3.41. The molecule has 20 heavy (non-hydrogen) atoms. The highest BCUT2D eigenvalue weighted by Crippen LogP contribution is 2.24. The minimum atomic E-state index is -0.857. The van der Waals surface area contributed by atoms with Gasteiger partial charge in [0.1, 0.15) is 5.82 Å². The van der Waals surface area contributed by atoms with Crippen molar-refractivity contribution in [3.63, 3.8) is 0 Å². The smallest absolute Gasteiger partial charge is 0.240 e. The second kappa shape index (κ2) is 5.58. The highest BCUT2D eigenvalue weighted by molar-refractivity contribution is 5.88. The minimum absolute atomic E-state index is 0.0208. The lowest BCUT2D eigenvalue weighted by Gasteiger charge is -2.21. The van der Waals surface area contributed by atoms with E-state index in [0.717, 1.165) is 11.1 Å². The summed E-state index contributed by atoms with van der Waals surface area (Å²) in [6.45, 7) is 0.758. The number of nitrogens with two attached hydrogens (primary N) is 1. The van der Waals surface area contributed by atoms with Crippen molar-refractivity contribution in [2.24, 2.45) is 5.73 Å². The van der Waals surface area contributed by atoms with Crippen molar-refractivity contribution >= 4 is 11.8 Å². The van der Waals surface area contributed by atoms with Crippen LogP contribution in [0.1, 0.15) is 17.5 Å². The number of benzene rings is 1. The lowest BCUT2D eigenvalue weighted by atomic mass is 10.1. The van der Waals surface area contributed by atoms with Crippen molar-refractivity contribution in [2.45, 2.75) is 25.6 Å². The Hall–Kier alpha value is -1.95. The van der Waals surface area contributed by atoms with E-state index in [2.05, 4.69) is 0 Å². The first-order valence-corrected chi connectivity index (χ1v) is 6.40. The molecule has 2 amide bonds. The van der Waals surface area contributed by atoms with Gasteiger partial charge in [0, 0.05) is 27.2 Å². The first-order valence-electron chi connectivity index (χ1n) is 6.40. The molecule has 2 rings (SSSR count). The summed E-state index contributed by atoms with van der Waals surface area (Å²) in [5, 5.41) is 0. The van der Waals surface area contributed by atoms with Gasteiger partial charge in [-0.15, -0.1) is 0 Å². The Labute approximate surface area is 117 Å². The van der Waals surface area contributed by atoms with Crippen LogP contribution in [0.3, 0.4) is 0 Å². The van der Waals surface area contributed by atoms with Gasteiger partial charge < -0.3 is 15.5 Å². The summed E-state index contributed by atoms with van der Waals surface area (Å²) in [6, 6.07) is 3.62. The van der Waals surface area contributed by atoms with Crippen LogP contribution in [0.5, 0.6) is 0 Å². The molecule has 2 N–H and O–H groups in total. The molecular weight excluding hydrogens is 261 g/mol. The van der Waals surface area contributed by atoms with Gasteiger partial charge in [0.2, 0.25) is 11.8 Å². The standard InChI is InChI=1S/C14H18FN3O2/c1-17(2)13(19)6-12(16)14(20)18-7-9-3-4-11(15)5-10(9)8-18/h3-5,12H,6-8,16H2,1-2H3/t12-/m0/s1. The number of halogens is 1. The molecule has 1 aliphatic heterocycles. The molecule has 1 aliphatic rings. The number of fused-ring (bicyclic) bond motifs is 1. The monoisotopic (exact) mass is 279 g/mol. The van der Waals surface area contributed by atoms with E-state index >= 15 is 0 Å². The average Bonchev–Trinajstić information content (AvgIpc) is 2.80. The SMILES string of the molecule is CN(C)C(=O)C[C@H](N)C(=O)N1Cc2ccc(F)cc2C1. The predicted molar refractivity (Wildman–Crippen MR) is 71.9 cm³/mol. The normalized spacial score (nSPS) is 14.9. The molecular formula is C14H18FN3O2. The molecule has 0 aliphatic carbocycles. The van der Waals surface area contributed by atoms with Crippen molar-refractivity contribution in [2.75, 3.05) is 14.1 Å². The number of carbonyl (C=O) groups excluding carboxylic acids is 2. The summed E-state index contributed by atoms with van der Waals surface area (Å²) in [4.78, 5) is 26.7. The molecule has 1 heterocycles. The van der Waals surface area contributed by atoms with Crippen LogP contribution in [0, 0.1) is 5.82 Å². The van der Waals surface area contributed by atoms with Crippen LogP contribution in [0.25, 0.3) is 0 Å². The molecule has 0 spiro atoms. The Morgan fingerprint density at radius 2 is 2.00 bits per heavy atom. The van der Waals surface area contributed by atoms with Crippen LogP contribution in [-0.4, -0.2) is 41.8 Å². The van der Waals surface area contributed by atoms with Crippen LogP contribution < -0.4 is 5.73 Å². The Morgan fingerprint density at radius 1 is 1.35 bits per heavy atom. The molecule has 0 radical (unpaired) electrons. The van der Waals surface area contributed by atoms with Crippen LogP contribution in [-0.2, 0) is 22.7 Å². The fraction of sp³-hybridized carbons (Fsp3) is 0.429. The molecule has 0 fully saturated rings. The van der Waals surface area contributed by atoms with Crippen molar-refractivity contribution in [1.82, 2.24) is 9.80 Å². The molecule has 1 aromatic rings. The summed E-state index contributed by atoms with van der Waals surface area (Å²) >= 11 is 0. The molecule has 0 saturated carbocycles. The van der Waals surface area contributed by atoms with Crippen molar-refractivity contribution in [3.8, 4) is 0 Å². The van der Waals surface area contributed by atoms with Crippen LogP contribution >= 0.6 is 0 Å². The number of amides is 2. The number of carbonyl (C=O) groups is 2. The lowest BCUT2D eigenvalue weighted by Crippen LogP contribution is -2.44. The largest absolute Gasteiger partial charge is 0.349 e. The Bertz CT molecular complexity index is 545. The summed E-state index contributed by atoms with van der Waals surface area (Å²) in [6.07, 6.45) is -0.0208. The van der Waals surface area contributed by atoms with E-state index < -0.39 is 6.04 Å². The lowest BCUT2D eigenvalue weighted by molar-refractivity contribution is -0.137. The van der Waals surface area contributed by atoms with Gasteiger partial charge in [-0.1, -0.05) is 6.07 Å². The molecule has 0 unspecified atom stereocenters. The Kier molecular flexibility index (Phi) is 4.04. The van der Waals surface area contributed by atoms with E-state index in [1.807, 2.05) is 0 Å². The fourth-order valence-electron chi connectivity index (χ4n) is 2.21. The van der Waals surface area contributed by atoms with Crippen LogP contribution in [0.4, 0.5) is 4.39 Å². The second-order valence-corrected chi connectivity index (χ2v) is 5.21. The zero-order valence-corrected chi connectivity index (χ0v) is 11.6. The Morgan fingerprint density at radius 3 is 2.65 bits per heavy atom. The van der Waals surface area contributed by atoms with E-state index in [0.29, 0.717) is 13.1 Å². The van der Waals surface area contributed by atoms with Gasteiger partial charge in [-0.25, -0.2) is 4.39 Å². The number of hydrogen-bond acceptors (Lipinski definition) is 3. The summed E-state index contributed by atoms with van der Waals surface area (Å²) in [5.41, 5.74) is 7.51. The van der Waals surface area contributed by atoms with E-state index in [9.17, 15) is 14.0 Å². The van der Waals surface area contributed by atoms with E-state index in [-0.39, 0.29) is 24.1 Å². The number of nitrogens with zero attached hydrogens (tertiary/aromatic N) is 2. The second-order valence-electron chi connectivity index (χ2n) is 5.21. The quantitative estimate of drug-likeness (QED) is 0.875. The van der Waals surface area contributed by atoms with Gasteiger partial charge in [-0.3, -0.25) is 9.59 Å². The topological polar surface area (TPSA) is 66.6 Å². The van der Waals surface area contributed by atoms with Crippen molar-refractivity contribution < 1.29 is 14.0 Å². The average molecular weight is 279 g/mol. The van der Waals surface area contributed by atoms with E-state index in [1.165, 1.54) is 17.0 Å². The van der Waals surface area contributed by atoms with Gasteiger partial charge >= 0.3 is 0 Å². The molecule has 6 heteroatoms. The molecule has 0 aromatic heterocycles. The van der Waals surface area contributed by atoms with Crippen molar-refractivity contribution in [1.29, 1.82) is 0 Å². The van der Waals surface area contributed by atoms with Crippen LogP contribution in [0.15, 0.2) is 18.2 Å². The number of rotatable bonds is 3. The molecule has 5 nitrogen and oxygen atoms in total. The zero-order chi connectivity index (χ0) is 14.9. The third kappa shape index (κ3) is 2.96. The van der Waals surface area contributed by atoms with Gasteiger partial charge in [-0.2, -0.15) is 0 Å². The molecule has 0 saturated heterocycles. The molecule has 1 aromatic carbocycles. The van der Waals surface area contributed by atoms with Gasteiger partial charge in [-0.05, 0) is 23.3 Å². The first-order chi connectivity index (χ1) is 9.38. The van der Waals surface area contributed by atoms with E-state index in [4.69, 9.17) is 5.73 Å². The molecule has 108 valence electrons. The molecule has 1 atom stereocenters. The van der Waals surface area contributed by atoms with E-state index in [1.54, 1.807) is 25.1 Å². The van der Waals surface area contributed by atoms with Gasteiger partial charge in [0.25, 0.3) is 0 Å². The third-order valence-corrected chi connectivity index (χ3v) is 3.41. The minimum Gasteiger partial charge on any atom is -0.349 e. The molecule has 0 bridgehead atoms. The zero-order valence-electron chi connectivity index (χ0n) is 11.6. The first kappa shape index (κ1) is 14.5. The van der Waals surface area contributed by atoms with Gasteiger partial charge in [0.15, 0.2) is 0 Å². The predicted octanol–water partition coefficient (Wildman–Crippen LogP) is 0.474. The fourth-order valence-corrected chi connectivity index (χ4v) is 2.21. The summed E-state index contributed by atoms with van der Waals surface area (Å²) in [5.74, 6) is -0.782. The highest BCUT2D eigenvalue weighted by Gasteiger charge is 2.28. The van der Waals surface area contributed by atoms with Crippen LogP contribution in [0.2, 0.25) is 0 Å². The highest BCUT2D eigenvalue weighted by atomic mass is 19.1. The maximum Gasteiger partial charge on any atom is 0.240 e. The van der Waals surface area contributed by atoms with Gasteiger partial charge in [0.05, 0.1) is 12.5 Å². The maximum atomic E-state index is 13.1. The maximum absolute atomic E-state index is 13.1. The Balaban J connectivity index is 2.00. The summed E-state index contributed by atoms with van der Waals surface area (Å²) < 4.78 is 13.1. The summed E-state index contributed by atoms with van der Waals surface area (Å²) in [7, 11) is 3.24. The van der Waals surface area contributed by atoms with Crippen molar-refractivity contribution in [3.05, 3.63) is 35.1 Å².